The van der Waals surface area contributed by atoms with E-state index < -0.39 is 22.0 Å². The van der Waals surface area contributed by atoms with E-state index in [4.69, 9.17) is 21.4 Å². The second-order valence-electron chi connectivity index (χ2n) is 4.59. The molecule has 2 N–H and O–H groups in total. The normalized spacial score (nSPS) is 17.0. The average molecular weight is 360 g/mol. The average Bonchev–Trinajstić information content (AvgIpc) is 3.06. The third kappa shape index (κ3) is 2.70. The molecule has 116 valence electrons. The highest BCUT2D eigenvalue weighted by molar-refractivity contribution is 7.89. The van der Waals surface area contributed by atoms with Crippen LogP contribution in [-0.2, 0) is 10.0 Å². The molecule has 0 fully saturated rings. The summed E-state index contributed by atoms with van der Waals surface area (Å²) in [7, 11) is -3.98. The number of sulfonamides is 1. The van der Waals surface area contributed by atoms with E-state index in [1.54, 1.807) is 18.2 Å². The van der Waals surface area contributed by atoms with Crippen LogP contribution in [-0.4, -0.2) is 26.1 Å². The highest BCUT2D eigenvalue weighted by Gasteiger charge is 2.31. The number of rotatable bonds is 4. The van der Waals surface area contributed by atoms with Crippen molar-refractivity contribution in [1.29, 1.82) is 0 Å². The Hall–Kier alpha value is -1.61. The second kappa shape index (κ2) is 5.54. The van der Waals surface area contributed by atoms with Gasteiger partial charge in [-0.2, -0.15) is 0 Å². The molecule has 3 rings (SSSR count). The topological polar surface area (TPSA) is 92.7 Å². The third-order valence-electron chi connectivity index (χ3n) is 3.16. The Bertz CT molecular complexity index is 846. The van der Waals surface area contributed by atoms with Crippen molar-refractivity contribution in [1.82, 2.24) is 4.72 Å². The van der Waals surface area contributed by atoms with Crippen molar-refractivity contribution in [3.8, 4) is 5.75 Å². The molecular weight excluding hydrogens is 350 g/mol. The standard InChI is InChI=1S/C13H10ClNO5S2/c14-7-1-2-10-8(5-7)9(6-20-10)15-22(18,19)11-3-4-21-12(11)13(16)17/h1-5,9,15H,6H2,(H,16,17). The molecule has 9 heteroatoms. The fourth-order valence-electron chi connectivity index (χ4n) is 2.20. The van der Waals surface area contributed by atoms with Crippen molar-refractivity contribution in [2.75, 3.05) is 6.61 Å². The minimum absolute atomic E-state index is 0.126. The predicted molar refractivity (Wildman–Crippen MR) is 81.3 cm³/mol. The molecule has 1 aromatic carbocycles. The Morgan fingerprint density at radius 2 is 2.18 bits per heavy atom. The molecule has 0 aliphatic carbocycles. The minimum atomic E-state index is -3.98. The molecule has 22 heavy (non-hydrogen) atoms. The number of halogens is 1. The molecule has 0 bridgehead atoms. The van der Waals surface area contributed by atoms with E-state index in [-0.39, 0.29) is 16.4 Å². The van der Waals surface area contributed by atoms with Crippen molar-refractivity contribution in [3.05, 3.63) is 45.1 Å². The molecule has 1 unspecified atom stereocenters. The highest BCUT2D eigenvalue weighted by atomic mass is 35.5. The van der Waals surface area contributed by atoms with E-state index in [1.807, 2.05) is 0 Å². The van der Waals surface area contributed by atoms with Gasteiger partial charge in [0.1, 0.15) is 22.1 Å². The molecule has 1 aliphatic heterocycles. The Kier molecular flexibility index (Phi) is 3.85. The Morgan fingerprint density at radius 3 is 2.91 bits per heavy atom. The zero-order chi connectivity index (χ0) is 15.9. The first-order chi connectivity index (χ1) is 10.4. The maximum atomic E-state index is 12.4. The molecule has 1 aliphatic rings. The number of carboxylic acids is 1. The maximum absolute atomic E-state index is 12.4. The Balaban J connectivity index is 1.93. The van der Waals surface area contributed by atoms with Crippen LogP contribution in [0.3, 0.4) is 0 Å². The number of carbonyl (C=O) groups is 1. The molecule has 2 heterocycles. The second-order valence-corrected chi connectivity index (χ2v) is 7.62. The van der Waals surface area contributed by atoms with Crippen LogP contribution < -0.4 is 9.46 Å². The van der Waals surface area contributed by atoms with Gasteiger partial charge in [0.25, 0.3) is 0 Å². The fraction of sp³-hybridized carbons (Fsp3) is 0.154. The lowest BCUT2D eigenvalue weighted by Crippen LogP contribution is -2.30. The fourth-order valence-corrected chi connectivity index (χ4v) is 4.84. The van der Waals surface area contributed by atoms with Crippen LogP contribution in [0.2, 0.25) is 5.02 Å². The quantitative estimate of drug-likeness (QED) is 0.875. The van der Waals surface area contributed by atoms with Gasteiger partial charge in [0.2, 0.25) is 10.0 Å². The van der Waals surface area contributed by atoms with Crippen molar-refractivity contribution >= 4 is 38.9 Å². The summed E-state index contributed by atoms with van der Waals surface area (Å²) in [4.78, 5) is 10.6. The molecule has 0 radical (unpaired) electrons. The van der Waals surface area contributed by atoms with Gasteiger partial charge in [-0.3, -0.25) is 0 Å². The lowest BCUT2D eigenvalue weighted by Gasteiger charge is -2.12. The van der Waals surface area contributed by atoms with E-state index in [0.29, 0.717) is 16.3 Å². The third-order valence-corrected chi connectivity index (χ3v) is 5.94. The summed E-state index contributed by atoms with van der Waals surface area (Å²) in [5.74, 6) is -0.720. The predicted octanol–water partition coefficient (Wildman–Crippen LogP) is 2.51. The molecule has 0 saturated carbocycles. The first-order valence-electron chi connectivity index (χ1n) is 6.14. The summed E-state index contributed by atoms with van der Waals surface area (Å²) >= 11 is 6.78. The van der Waals surface area contributed by atoms with Crippen molar-refractivity contribution in [2.24, 2.45) is 0 Å². The molecular formula is C13H10ClNO5S2. The summed E-state index contributed by atoms with van der Waals surface area (Å²) in [6, 6.07) is 5.60. The van der Waals surface area contributed by atoms with Crippen LogP contribution >= 0.6 is 22.9 Å². The van der Waals surface area contributed by atoms with Crippen molar-refractivity contribution in [2.45, 2.75) is 10.9 Å². The lowest BCUT2D eigenvalue weighted by atomic mass is 10.1. The van der Waals surface area contributed by atoms with Gasteiger partial charge in [0, 0.05) is 10.6 Å². The van der Waals surface area contributed by atoms with Gasteiger partial charge in [0.15, 0.2) is 0 Å². The van der Waals surface area contributed by atoms with E-state index >= 15 is 0 Å². The molecule has 1 atom stereocenters. The number of nitrogens with one attached hydrogen (secondary N) is 1. The first kappa shape index (κ1) is 15.3. The summed E-state index contributed by atoms with van der Waals surface area (Å²) in [5.41, 5.74) is 0.628. The van der Waals surface area contributed by atoms with Crippen LogP contribution in [0.4, 0.5) is 0 Å². The number of aromatic carboxylic acids is 1. The molecule has 1 aromatic heterocycles. The number of fused-ring (bicyclic) bond motifs is 1. The highest BCUT2D eigenvalue weighted by Crippen LogP contribution is 2.35. The number of carboxylic acid groups (broad SMARTS) is 1. The lowest BCUT2D eigenvalue weighted by molar-refractivity contribution is 0.0698. The Morgan fingerprint density at radius 1 is 1.41 bits per heavy atom. The van der Waals surface area contributed by atoms with Gasteiger partial charge >= 0.3 is 5.97 Å². The van der Waals surface area contributed by atoms with Crippen LogP contribution in [0.15, 0.2) is 34.5 Å². The van der Waals surface area contributed by atoms with E-state index in [0.717, 1.165) is 11.3 Å². The molecule has 6 nitrogen and oxygen atoms in total. The van der Waals surface area contributed by atoms with Gasteiger partial charge in [-0.25, -0.2) is 17.9 Å². The number of benzene rings is 1. The monoisotopic (exact) mass is 359 g/mol. The zero-order valence-corrected chi connectivity index (χ0v) is 13.3. The Labute approximate surface area is 135 Å². The number of hydrogen-bond donors (Lipinski definition) is 2. The first-order valence-corrected chi connectivity index (χ1v) is 8.88. The number of thiophene rings is 1. The summed E-state index contributed by atoms with van der Waals surface area (Å²) in [6.07, 6.45) is 0. The maximum Gasteiger partial charge on any atom is 0.347 e. The van der Waals surface area contributed by atoms with Gasteiger partial charge in [-0.05, 0) is 29.6 Å². The van der Waals surface area contributed by atoms with Crippen LogP contribution in [0, 0.1) is 0 Å². The summed E-state index contributed by atoms with van der Waals surface area (Å²) in [5, 5.41) is 10.9. The van der Waals surface area contributed by atoms with Crippen LogP contribution in [0.5, 0.6) is 5.75 Å². The van der Waals surface area contributed by atoms with E-state index in [9.17, 15) is 13.2 Å². The van der Waals surface area contributed by atoms with E-state index in [1.165, 1.54) is 11.4 Å². The van der Waals surface area contributed by atoms with Gasteiger partial charge in [-0.1, -0.05) is 11.6 Å². The molecule has 2 aromatic rings. The number of hydrogen-bond acceptors (Lipinski definition) is 5. The van der Waals surface area contributed by atoms with Gasteiger partial charge < -0.3 is 9.84 Å². The SMILES string of the molecule is O=C(O)c1sccc1S(=O)(=O)NC1COc2ccc(Cl)cc21. The number of ether oxygens (including phenoxy) is 1. The summed E-state index contributed by atoms with van der Waals surface area (Å²) in [6.45, 7) is 0.126. The van der Waals surface area contributed by atoms with Gasteiger partial charge in [-0.15, -0.1) is 11.3 Å². The zero-order valence-electron chi connectivity index (χ0n) is 10.9. The minimum Gasteiger partial charge on any atom is -0.491 e. The molecule has 0 spiro atoms. The van der Waals surface area contributed by atoms with Crippen molar-refractivity contribution in [3.63, 3.8) is 0 Å². The largest absolute Gasteiger partial charge is 0.491 e. The van der Waals surface area contributed by atoms with E-state index in [2.05, 4.69) is 4.72 Å². The molecule has 0 saturated heterocycles. The van der Waals surface area contributed by atoms with Crippen LogP contribution in [0.25, 0.3) is 0 Å². The van der Waals surface area contributed by atoms with Gasteiger partial charge in [0.05, 0.1) is 6.04 Å². The summed E-state index contributed by atoms with van der Waals surface area (Å²) < 4.78 is 32.7. The van der Waals surface area contributed by atoms with Crippen LogP contribution in [0.1, 0.15) is 21.3 Å². The smallest absolute Gasteiger partial charge is 0.347 e. The molecule has 0 amide bonds. The van der Waals surface area contributed by atoms with Crippen molar-refractivity contribution < 1.29 is 23.1 Å².